The van der Waals surface area contributed by atoms with Gasteiger partial charge < -0.3 is 25.6 Å². The lowest BCUT2D eigenvalue weighted by Crippen LogP contribution is -2.34. The van der Waals surface area contributed by atoms with Gasteiger partial charge in [-0.05, 0) is 75.0 Å². The van der Waals surface area contributed by atoms with E-state index in [4.69, 9.17) is 9.90 Å². The number of hydrogen-bond acceptors (Lipinski definition) is 4. The molecule has 8 nitrogen and oxygen atoms in total. The molecule has 0 spiro atoms. The van der Waals surface area contributed by atoms with E-state index in [1.165, 1.54) is 5.56 Å². The lowest BCUT2D eigenvalue weighted by molar-refractivity contribution is -0.192. The molecule has 0 saturated carbocycles. The van der Waals surface area contributed by atoms with Crippen molar-refractivity contribution in [3.05, 3.63) is 35.0 Å². The summed E-state index contributed by atoms with van der Waals surface area (Å²) in [6, 6.07) is 3.87. The third kappa shape index (κ3) is 6.49. The molecule has 34 heavy (non-hydrogen) atoms. The van der Waals surface area contributed by atoms with Crippen molar-refractivity contribution in [3.8, 4) is 0 Å². The number of aromatic nitrogens is 1. The van der Waals surface area contributed by atoms with Gasteiger partial charge in [-0.25, -0.2) is 4.79 Å². The van der Waals surface area contributed by atoms with Crippen molar-refractivity contribution in [2.45, 2.75) is 38.3 Å². The predicted molar refractivity (Wildman–Crippen MR) is 120 cm³/mol. The second-order valence-corrected chi connectivity index (χ2v) is 8.69. The molecule has 0 atom stereocenters. The topological polar surface area (TPSA) is 115 Å². The van der Waals surface area contributed by atoms with Gasteiger partial charge in [-0.2, -0.15) is 13.2 Å². The molecule has 3 heterocycles. The van der Waals surface area contributed by atoms with E-state index in [1.54, 1.807) is 0 Å². The molecule has 1 saturated heterocycles. The van der Waals surface area contributed by atoms with Crippen LogP contribution in [0.5, 0.6) is 0 Å². The predicted octanol–water partition coefficient (Wildman–Crippen LogP) is 2.48. The molecule has 2 aromatic rings. The first kappa shape index (κ1) is 25.5. The van der Waals surface area contributed by atoms with Gasteiger partial charge in [0.1, 0.15) is 0 Å². The first-order valence-corrected chi connectivity index (χ1v) is 11.2. The number of nitrogens with one attached hydrogen (secondary N) is 3. The summed E-state index contributed by atoms with van der Waals surface area (Å²) in [5.74, 6) is -2.07. The second-order valence-electron chi connectivity index (χ2n) is 8.69. The molecule has 0 aliphatic carbocycles. The highest BCUT2D eigenvalue weighted by Gasteiger charge is 2.38. The summed E-state index contributed by atoms with van der Waals surface area (Å²) in [6.07, 6.45) is 1.42. The Hall–Kier alpha value is -3.08. The van der Waals surface area contributed by atoms with E-state index < -0.39 is 12.1 Å². The number of alkyl halides is 3. The molecule has 0 unspecified atom stereocenters. The Morgan fingerprint density at radius 3 is 2.56 bits per heavy atom. The van der Waals surface area contributed by atoms with Crippen LogP contribution >= 0.6 is 0 Å². The highest BCUT2D eigenvalue weighted by Crippen LogP contribution is 2.28. The van der Waals surface area contributed by atoms with Crippen LogP contribution in [0.2, 0.25) is 0 Å². The average Bonchev–Trinajstić information content (AvgIpc) is 3.19. The Kier molecular flexibility index (Phi) is 8.19. The van der Waals surface area contributed by atoms with E-state index in [-0.39, 0.29) is 11.8 Å². The number of benzene rings is 1. The van der Waals surface area contributed by atoms with Gasteiger partial charge in [0.15, 0.2) is 0 Å². The number of H-pyrrole nitrogens is 1. The summed E-state index contributed by atoms with van der Waals surface area (Å²) in [6.45, 7) is 3.50. The van der Waals surface area contributed by atoms with Crippen molar-refractivity contribution >= 4 is 28.7 Å². The highest BCUT2D eigenvalue weighted by atomic mass is 19.4. The van der Waals surface area contributed by atoms with E-state index in [2.05, 4.69) is 27.6 Å². The lowest BCUT2D eigenvalue weighted by atomic mass is 9.93. The van der Waals surface area contributed by atoms with Gasteiger partial charge in [0, 0.05) is 42.2 Å². The van der Waals surface area contributed by atoms with E-state index in [0.717, 1.165) is 60.8 Å². The maximum atomic E-state index is 12.3. The van der Waals surface area contributed by atoms with E-state index >= 15 is 0 Å². The molecule has 0 radical (unpaired) electrons. The maximum absolute atomic E-state index is 12.3. The molecule has 4 N–H and O–H groups in total. The van der Waals surface area contributed by atoms with Crippen LogP contribution in [0.1, 0.15) is 40.7 Å². The summed E-state index contributed by atoms with van der Waals surface area (Å²) in [5.41, 5.74) is 4.15. The summed E-state index contributed by atoms with van der Waals surface area (Å²) < 4.78 is 31.7. The molecule has 1 fully saturated rings. The Bertz CT molecular complexity index is 1040. The molecular formula is C23H29F3N4O4. The number of carbonyl (C=O) groups is 3. The van der Waals surface area contributed by atoms with Crippen LogP contribution in [-0.2, 0) is 22.4 Å². The second kappa shape index (κ2) is 10.9. The SMILES string of the molecule is CN1CCC(CC(=O)NCCc2c[nH]c3ccc4c(c23)CCNC4=O)CC1.O=C(O)C(F)(F)F. The molecule has 1 aromatic carbocycles. The van der Waals surface area contributed by atoms with Gasteiger partial charge in [0.2, 0.25) is 5.91 Å². The largest absolute Gasteiger partial charge is 0.490 e. The quantitative estimate of drug-likeness (QED) is 0.523. The molecule has 2 amide bonds. The van der Waals surface area contributed by atoms with Crippen molar-refractivity contribution in [2.24, 2.45) is 5.92 Å². The third-order valence-electron chi connectivity index (χ3n) is 6.21. The van der Waals surface area contributed by atoms with Crippen LogP contribution in [0.3, 0.4) is 0 Å². The number of rotatable bonds is 5. The highest BCUT2D eigenvalue weighted by molar-refractivity contribution is 6.02. The zero-order chi connectivity index (χ0) is 24.9. The number of aliphatic carboxylic acids is 1. The minimum absolute atomic E-state index is 0.0109. The first-order chi connectivity index (χ1) is 16.1. The maximum Gasteiger partial charge on any atom is 0.490 e. The minimum Gasteiger partial charge on any atom is -0.475 e. The Morgan fingerprint density at radius 2 is 1.91 bits per heavy atom. The summed E-state index contributed by atoms with van der Waals surface area (Å²) >= 11 is 0. The van der Waals surface area contributed by atoms with Crippen LogP contribution < -0.4 is 10.6 Å². The fraction of sp³-hybridized carbons (Fsp3) is 0.522. The van der Waals surface area contributed by atoms with Crippen molar-refractivity contribution in [3.63, 3.8) is 0 Å². The molecule has 2 aliphatic heterocycles. The number of hydrogen-bond donors (Lipinski definition) is 4. The third-order valence-corrected chi connectivity index (χ3v) is 6.21. The lowest BCUT2D eigenvalue weighted by Gasteiger charge is -2.28. The van der Waals surface area contributed by atoms with Gasteiger partial charge in [-0.3, -0.25) is 9.59 Å². The Morgan fingerprint density at radius 1 is 1.24 bits per heavy atom. The van der Waals surface area contributed by atoms with Gasteiger partial charge in [0.25, 0.3) is 5.91 Å². The number of nitrogens with zero attached hydrogens (tertiary/aromatic N) is 1. The molecule has 2 aliphatic rings. The molecular weight excluding hydrogens is 453 g/mol. The van der Waals surface area contributed by atoms with Gasteiger partial charge >= 0.3 is 12.1 Å². The number of piperidine rings is 1. The number of carbonyl (C=O) groups excluding carboxylic acids is 2. The Labute approximate surface area is 194 Å². The standard InChI is InChI=1S/C21H28N4O2.C2HF3O2/c1-25-10-6-14(7-11-25)12-19(26)22-8-4-15-13-24-18-3-2-17-16(20(15)18)5-9-23-21(17)27;3-2(4,5)1(6)7/h2-3,13-14,24H,4-12H2,1H3,(H,22,26)(H,23,27);(H,6,7). The van der Waals surface area contributed by atoms with Gasteiger partial charge in [-0.1, -0.05) is 0 Å². The molecule has 0 bridgehead atoms. The number of likely N-dealkylation sites (tertiary alicyclic amines) is 1. The number of halogens is 3. The van der Waals surface area contributed by atoms with Crippen LogP contribution in [0.4, 0.5) is 13.2 Å². The fourth-order valence-corrected chi connectivity index (χ4v) is 4.37. The molecule has 186 valence electrons. The minimum atomic E-state index is -5.08. The molecule has 4 rings (SSSR count). The van der Waals surface area contributed by atoms with Gasteiger partial charge in [-0.15, -0.1) is 0 Å². The number of aromatic amines is 1. The van der Waals surface area contributed by atoms with E-state index in [1.807, 2.05) is 18.3 Å². The number of carboxylic acids is 1. The summed E-state index contributed by atoms with van der Waals surface area (Å²) in [4.78, 5) is 38.9. The normalized spacial score (nSPS) is 16.9. The van der Waals surface area contributed by atoms with Crippen LogP contribution in [0.15, 0.2) is 18.3 Å². The summed E-state index contributed by atoms with van der Waals surface area (Å²) in [7, 11) is 2.14. The van der Waals surface area contributed by atoms with Crippen molar-refractivity contribution < 1.29 is 32.7 Å². The summed E-state index contributed by atoms with van der Waals surface area (Å²) in [5, 5.41) is 14.3. The average molecular weight is 483 g/mol. The Balaban J connectivity index is 0.000000406. The van der Waals surface area contributed by atoms with Gasteiger partial charge in [0.05, 0.1) is 0 Å². The molecule has 1 aromatic heterocycles. The van der Waals surface area contributed by atoms with E-state index in [9.17, 15) is 22.8 Å². The van der Waals surface area contributed by atoms with Crippen molar-refractivity contribution in [1.82, 2.24) is 20.5 Å². The zero-order valence-electron chi connectivity index (χ0n) is 18.9. The monoisotopic (exact) mass is 482 g/mol. The zero-order valence-corrected chi connectivity index (χ0v) is 18.9. The number of fused-ring (bicyclic) bond motifs is 3. The van der Waals surface area contributed by atoms with E-state index in [0.29, 0.717) is 25.4 Å². The number of amides is 2. The molecule has 11 heteroatoms. The van der Waals surface area contributed by atoms with Crippen LogP contribution in [0, 0.1) is 5.92 Å². The number of carboxylic acid groups (broad SMARTS) is 1. The van der Waals surface area contributed by atoms with Crippen molar-refractivity contribution in [2.75, 3.05) is 33.2 Å². The van der Waals surface area contributed by atoms with Crippen LogP contribution in [-0.4, -0.2) is 72.2 Å². The smallest absolute Gasteiger partial charge is 0.475 e. The van der Waals surface area contributed by atoms with Crippen molar-refractivity contribution in [1.29, 1.82) is 0 Å². The fourth-order valence-electron chi connectivity index (χ4n) is 4.37. The van der Waals surface area contributed by atoms with Crippen LogP contribution in [0.25, 0.3) is 10.9 Å². The first-order valence-electron chi connectivity index (χ1n) is 11.2.